The Bertz CT molecular complexity index is 1070. The van der Waals surface area contributed by atoms with Crippen molar-refractivity contribution in [3.05, 3.63) is 29.3 Å². The number of hydrogen-bond acceptors (Lipinski definition) is 9. The van der Waals surface area contributed by atoms with Crippen molar-refractivity contribution >= 4 is 35.8 Å². The number of anilines is 1. The Balaban J connectivity index is 1.84. The fourth-order valence-corrected chi connectivity index (χ4v) is 4.61. The van der Waals surface area contributed by atoms with E-state index in [1.807, 2.05) is 20.8 Å². The van der Waals surface area contributed by atoms with E-state index in [9.17, 15) is 24.0 Å². The number of nitrogens with two attached hydrogens (primary N) is 1. The van der Waals surface area contributed by atoms with E-state index in [-0.39, 0.29) is 36.8 Å². The van der Waals surface area contributed by atoms with Gasteiger partial charge in [0.05, 0.1) is 19.3 Å². The highest BCUT2D eigenvalue weighted by Gasteiger charge is 2.30. The van der Waals surface area contributed by atoms with Crippen LogP contribution in [0.25, 0.3) is 0 Å². The van der Waals surface area contributed by atoms with E-state index < -0.39 is 11.6 Å². The van der Waals surface area contributed by atoms with Crippen molar-refractivity contribution in [2.75, 3.05) is 45.2 Å². The molecule has 0 radical (unpaired) electrons. The number of rotatable bonds is 17. The van der Waals surface area contributed by atoms with Gasteiger partial charge in [0.2, 0.25) is 17.7 Å². The lowest BCUT2D eigenvalue weighted by Crippen LogP contribution is -2.51. The monoisotopic (exact) mass is 589 g/mol. The van der Waals surface area contributed by atoms with Gasteiger partial charge in [-0.2, -0.15) is 0 Å². The van der Waals surface area contributed by atoms with E-state index in [4.69, 9.17) is 15.2 Å². The Morgan fingerprint density at radius 3 is 2.52 bits per heavy atom. The van der Waals surface area contributed by atoms with Gasteiger partial charge in [0.25, 0.3) is 0 Å². The first kappa shape index (κ1) is 34.8. The molecule has 0 aliphatic carbocycles. The maximum absolute atomic E-state index is 12.8. The van der Waals surface area contributed by atoms with E-state index in [2.05, 4.69) is 10.6 Å². The molecule has 0 saturated carbocycles. The number of imide groups is 1. The molecule has 42 heavy (non-hydrogen) atoms. The minimum absolute atomic E-state index is 0.171. The van der Waals surface area contributed by atoms with Gasteiger partial charge in [0.1, 0.15) is 11.9 Å². The molecule has 1 fully saturated rings. The van der Waals surface area contributed by atoms with E-state index in [1.165, 1.54) is 0 Å². The van der Waals surface area contributed by atoms with Crippen molar-refractivity contribution in [3.63, 3.8) is 0 Å². The van der Waals surface area contributed by atoms with Crippen LogP contribution in [-0.4, -0.2) is 91.4 Å². The number of amides is 4. The lowest BCUT2D eigenvalue weighted by Gasteiger charge is -2.30. The second-order valence-electron chi connectivity index (χ2n) is 11.5. The van der Waals surface area contributed by atoms with E-state index in [1.54, 1.807) is 35.0 Å². The zero-order valence-corrected chi connectivity index (χ0v) is 25.4. The number of benzene rings is 1. The van der Waals surface area contributed by atoms with Gasteiger partial charge in [-0.3, -0.25) is 29.4 Å². The molecule has 1 aliphatic rings. The van der Waals surface area contributed by atoms with Crippen LogP contribution < -0.4 is 16.4 Å². The molecule has 1 unspecified atom stereocenters. The van der Waals surface area contributed by atoms with Crippen LogP contribution in [0.1, 0.15) is 81.6 Å². The third-order valence-electron chi connectivity index (χ3n) is 6.76. The second kappa shape index (κ2) is 17.6. The SMILES string of the molecule is CN(Cc1c(C=O)cccc1NC(=O)CCCCCCN(CCOCCN)C(=O)OC(C)(C)C)C1CCC(=O)NC1=O. The number of aldehydes is 1. The maximum atomic E-state index is 12.8. The van der Waals surface area contributed by atoms with Crippen LogP contribution in [0.5, 0.6) is 0 Å². The Labute approximate surface area is 248 Å². The minimum atomic E-state index is -0.591. The number of nitrogens with zero attached hydrogens (tertiary/aromatic N) is 2. The number of carbonyl (C=O) groups excluding carboxylic acids is 5. The normalized spacial score (nSPS) is 15.3. The number of likely N-dealkylation sites (N-methyl/N-ethyl adjacent to an activating group) is 1. The number of carbonyl (C=O) groups is 5. The summed E-state index contributed by atoms with van der Waals surface area (Å²) in [6.07, 6.45) is 4.36. The highest BCUT2D eigenvalue weighted by atomic mass is 16.6. The molecule has 1 aliphatic heterocycles. The second-order valence-corrected chi connectivity index (χ2v) is 11.5. The van der Waals surface area contributed by atoms with Gasteiger partial charge in [0.15, 0.2) is 0 Å². The van der Waals surface area contributed by atoms with Crippen molar-refractivity contribution < 1.29 is 33.4 Å². The molecule has 0 spiro atoms. The molecule has 4 amide bonds. The fraction of sp³-hybridized carbons (Fsp3) is 0.633. The molecule has 0 aromatic heterocycles. The predicted octanol–water partition coefficient (Wildman–Crippen LogP) is 2.84. The first-order valence-electron chi connectivity index (χ1n) is 14.6. The van der Waals surface area contributed by atoms with Crippen LogP contribution in [-0.2, 0) is 30.4 Å². The van der Waals surface area contributed by atoms with Crippen LogP contribution >= 0.6 is 0 Å². The molecule has 12 heteroatoms. The number of hydrogen-bond donors (Lipinski definition) is 3. The Morgan fingerprint density at radius 2 is 1.86 bits per heavy atom. The molecule has 1 saturated heterocycles. The topological polar surface area (TPSA) is 160 Å². The van der Waals surface area contributed by atoms with E-state index >= 15 is 0 Å². The third-order valence-corrected chi connectivity index (χ3v) is 6.76. The highest BCUT2D eigenvalue weighted by molar-refractivity contribution is 6.00. The number of ether oxygens (including phenoxy) is 2. The van der Waals surface area contributed by atoms with Crippen LogP contribution in [0.4, 0.5) is 10.5 Å². The molecular weight excluding hydrogens is 542 g/mol. The molecule has 1 atom stereocenters. The van der Waals surface area contributed by atoms with E-state index in [0.29, 0.717) is 68.9 Å². The summed E-state index contributed by atoms with van der Waals surface area (Å²) in [6, 6.07) is 4.60. The van der Waals surface area contributed by atoms with Crippen molar-refractivity contribution in [1.29, 1.82) is 0 Å². The Kier molecular flexibility index (Phi) is 14.6. The fourth-order valence-electron chi connectivity index (χ4n) is 4.61. The maximum Gasteiger partial charge on any atom is 0.410 e. The van der Waals surface area contributed by atoms with Gasteiger partial charge in [-0.15, -0.1) is 0 Å². The van der Waals surface area contributed by atoms with Gasteiger partial charge in [-0.25, -0.2) is 4.79 Å². The summed E-state index contributed by atoms with van der Waals surface area (Å²) in [5.74, 6) is -0.827. The quantitative estimate of drug-likeness (QED) is 0.141. The number of piperidine rings is 1. The molecule has 1 heterocycles. The average molecular weight is 590 g/mol. The van der Waals surface area contributed by atoms with Crippen molar-refractivity contribution in [3.8, 4) is 0 Å². The van der Waals surface area contributed by atoms with Crippen LogP contribution in [0, 0.1) is 0 Å². The van der Waals surface area contributed by atoms with Crippen molar-refractivity contribution in [2.24, 2.45) is 5.73 Å². The summed E-state index contributed by atoms with van der Waals surface area (Å²) in [5, 5.41) is 5.27. The van der Waals surface area contributed by atoms with Gasteiger partial charge in [0, 0.05) is 55.8 Å². The molecule has 4 N–H and O–H groups in total. The Morgan fingerprint density at radius 1 is 1.12 bits per heavy atom. The van der Waals surface area contributed by atoms with Crippen LogP contribution in [0.15, 0.2) is 18.2 Å². The minimum Gasteiger partial charge on any atom is -0.444 e. The number of unbranched alkanes of at least 4 members (excludes halogenated alkanes) is 3. The van der Waals surface area contributed by atoms with Crippen LogP contribution in [0.3, 0.4) is 0 Å². The molecule has 1 aromatic rings. The lowest BCUT2D eigenvalue weighted by atomic mass is 10.0. The Hall–Kier alpha value is -3.35. The zero-order chi connectivity index (χ0) is 31.1. The zero-order valence-electron chi connectivity index (χ0n) is 25.4. The summed E-state index contributed by atoms with van der Waals surface area (Å²) in [5.41, 5.74) is 6.43. The molecule has 1 aromatic carbocycles. The first-order valence-corrected chi connectivity index (χ1v) is 14.6. The summed E-state index contributed by atoms with van der Waals surface area (Å²) < 4.78 is 10.9. The van der Waals surface area contributed by atoms with Crippen LogP contribution in [0.2, 0.25) is 0 Å². The smallest absolute Gasteiger partial charge is 0.410 e. The molecular formula is C30H47N5O7. The summed E-state index contributed by atoms with van der Waals surface area (Å²) in [7, 11) is 1.75. The van der Waals surface area contributed by atoms with Gasteiger partial charge in [-0.05, 0) is 53.1 Å². The lowest BCUT2D eigenvalue weighted by molar-refractivity contribution is -0.137. The molecule has 12 nitrogen and oxygen atoms in total. The standard InChI is InChI=1S/C30H47N5O7/c1-30(2,3)42-29(40)35(17-19-41-18-15-31)16-8-6-5-7-12-26(37)32-24-11-9-10-22(21-36)23(24)20-34(4)25-13-14-27(38)33-28(25)39/h9-11,21,25H,5-8,12-20,31H2,1-4H3,(H,32,37)(H,33,38,39). The van der Waals surface area contributed by atoms with Gasteiger partial charge < -0.3 is 25.4 Å². The average Bonchev–Trinajstić information content (AvgIpc) is 2.91. The molecule has 0 bridgehead atoms. The van der Waals surface area contributed by atoms with Gasteiger partial charge >= 0.3 is 6.09 Å². The third kappa shape index (κ3) is 12.3. The number of nitrogens with one attached hydrogen (secondary N) is 2. The molecule has 234 valence electrons. The molecule has 2 rings (SSSR count). The summed E-state index contributed by atoms with van der Waals surface area (Å²) in [4.78, 5) is 64.3. The first-order chi connectivity index (χ1) is 19.9. The largest absolute Gasteiger partial charge is 0.444 e. The summed E-state index contributed by atoms with van der Waals surface area (Å²) in [6.45, 7) is 7.91. The highest BCUT2D eigenvalue weighted by Crippen LogP contribution is 2.24. The summed E-state index contributed by atoms with van der Waals surface area (Å²) >= 11 is 0. The van der Waals surface area contributed by atoms with Gasteiger partial charge in [-0.1, -0.05) is 25.0 Å². The van der Waals surface area contributed by atoms with E-state index in [0.717, 1.165) is 25.5 Å². The van der Waals surface area contributed by atoms with Crippen molar-refractivity contribution in [1.82, 2.24) is 15.1 Å². The van der Waals surface area contributed by atoms with Crippen molar-refractivity contribution in [2.45, 2.75) is 83.9 Å². The predicted molar refractivity (Wildman–Crippen MR) is 159 cm³/mol.